The lowest BCUT2D eigenvalue weighted by Crippen LogP contribution is -2.40. The monoisotopic (exact) mass is 303 g/mol. The third-order valence-electron chi connectivity index (χ3n) is 2.92. The highest BCUT2D eigenvalue weighted by Crippen LogP contribution is 2.37. The van der Waals surface area contributed by atoms with Gasteiger partial charge >= 0.3 is 0 Å². The number of thioether (sulfide) groups is 1. The van der Waals surface area contributed by atoms with Crippen molar-refractivity contribution in [2.24, 2.45) is 0 Å². The Morgan fingerprint density at radius 1 is 1.44 bits per heavy atom. The van der Waals surface area contributed by atoms with Crippen molar-refractivity contribution in [3.05, 3.63) is 35.9 Å². The predicted molar refractivity (Wildman–Crippen MR) is 77.1 cm³/mol. The molecule has 18 heavy (non-hydrogen) atoms. The Labute approximate surface area is 116 Å². The van der Waals surface area contributed by atoms with E-state index in [-0.39, 0.29) is 6.04 Å². The van der Waals surface area contributed by atoms with Gasteiger partial charge in [0.2, 0.25) is 0 Å². The zero-order valence-electron chi connectivity index (χ0n) is 9.68. The highest BCUT2D eigenvalue weighted by Gasteiger charge is 2.38. The molecule has 2 unspecified atom stereocenters. The molecule has 0 aromatic heterocycles. The van der Waals surface area contributed by atoms with Crippen LogP contribution in [0.25, 0.3) is 0 Å². The van der Waals surface area contributed by atoms with Crippen LogP contribution in [0.5, 0.6) is 0 Å². The Kier molecular flexibility index (Phi) is 3.96. The van der Waals surface area contributed by atoms with Crippen molar-refractivity contribution >= 4 is 38.4 Å². The van der Waals surface area contributed by atoms with Gasteiger partial charge in [0.1, 0.15) is 4.32 Å². The molecule has 1 saturated heterocycles. The lowest BCUT2D eigenvalue weighted by Gasteiger charge is -2.29. The Morgan fingerprint density at radius 2 is 2.06 bits per heavy atom. The summed E-state index contributed by atoms with van der Waals surface area (Å²) in [6.45, 7) is 1.45. The minimum absolute atomic E-state index is 0.111. The van der Waals surface area contributed by atoms with E-state index in [1.165, 1.54) is 18.7 Å². The Hall–Kier alpha value is -0.630. The van der Waals surface area contributed by atoms with Crippen molar-refractivity contribution in [1.29, 1.82) is 0 Å². The second kappa shape index (κ2) is 5.16. The molecule has 2 rings (SSSR count). The molecule has 0 radical (unpaired) electrons. The molecule has 98 valence electrons. The zero-order chi connectivity index (χ0) is 13.3. The molecule has 4 nitrogen and oxygen atoms in total. The summed E-state index contributed by atoms with van der Waals surface area (Å²) in [4.78, 5) is 1.59. The van der Waals surface area contributed by atoms with E-state index >= 15 is 0 Å². The molecule has 7 heteroatoms. The number of nitrogens with zero attached hydrogens (tertiary/aromatic N) is 1. The van der Waals surface area contributed by atoms with Gasteiger partial charge in [0.05, 0.1) is 6.04 Å². The van der Waals surface area contributed by atoms with Gasteiger partial charge < -0.3 is 4.90 Å². The summed E-state index contributed by atoms with van der Waals surface area (Å²) in [6.07, 6.45) is 0. The van der Waals surface area contributed by atoms with Gasteiger partial charge in [-0.15, -0.1) is 0 Å². The smallest absolute Gasteiger partial charge is 0.286 e. The number of thiocarbonyl (C=S) groups is 1. The van der Waals surface area contributed by atoms with Crippen molar-refractivity contribution in [1.82, 2.24) is 4.90 Å². The van der Waals surface area contributed by atoms with E-state index in [4.69, 9.17) is 12.2 Å². The summed E-state index contributed by atoms with van der Waals surface area (Å²) in [5.74, 6) is 0.697. The van der Waals surface area contributed by atoms with Crippen molar-refractivity contribution in [2.45, 2.75) is 18.3 Å². The molecule has 1 fully saturated rings. The number of rotatable bonds is 3. The van der Waals surface area contributed by atoms with Gasteiger partial charge in [-0.2, -0.15) is 8.42 Å². The quantitative estimate of drug-likeness (QED) is 0.683. The molecule has 1 aromatic rings. The normalized spacial score (nSPS) is 22.2. The predicted octanol–water partition coefficient (Wildman–Crippen LogP) is 2.30. The van der Waals surface area contributed by atoms with Crippen LogP contribution in [0.3, 0.4) is 0 Å². The van der Waals surface area contributed by atoms with Gasteiger partial charge in [0.15, 0.2) is 5.37 Å². The van der Waals surface area contributed by atoms with E-state index < -0.39 is 15.5 Å². The second-order valence-electron chi connectivity index (χ2n) is 4.02. The van der Waals surface area contributed by atoms with Crippen LogP contribution in [0, 0.1) is 0 Å². The van der Waals surface area contributed by atoms with E-state index in [9.17, 15) is 13.0 Å². The summed E-state index contributed by atoms with van der Waals surface area (Å²) in [5.41, 5.74) is 1.00. The number of benzene rings is 1. The van der Waals surface area contributed by atoms with Crippen molar-refractivity contribution < 1.29 is 13.0 Å². The van der Waals surface area contributed by atoms with E-state index in [2.05, 4.69) is 0 Å². The Bertz CT molecular complexity index is 544. The standard InChI is InChI=1S/C11H13NO3S3/c1-8(18(13,14)15)12-10(7-17-11(12)16)9-5-3-2-4-6-9/h2-6,8,10H,7H2,1H3,(H,13,14,15). The number of hydrogen-bond donors (Lipinski definition) is 1. The van der Waals surface area contributed by atoms with Crippen LogP contribution in [0.1, 0.15) is 18.5 Å². The van der Waals surface area contributed by atoms with E-state index in [0.717, 1.165) is 5.56 Å². The molecule has 0 spiro atoms. The van der Waals surface area contributed by atoms with Gasteiger partial charge in [-0.1, -0.05) is 54.3 Å². The minimum Gasteiger partial charge on any atom is -0.331 e. The van der Waals surface area contributed by atoms with Crippen LogP contribution in [-0.4, -0.2) is 33.3 Å². The minimum atomic E-state index is -4.13. The third-order valence-corrected chi connectivity index (χ3v) is 5.51. The van der Waals surface area contributed by atoms with E-state index in [1.54, 1.807) is 4.90 Å². The summed E-state index contributed by atoms with van der Waals surface area (Å²) in [7, 11) is -4.13. The Balaban J connectivity index is 2.35. The third kappa shape index (κ3) is 2.69. The molecule has 1 aliphatic heterocycles. The number of hydrogen-bond acceptors (Lipinski definition) is 4. The topological polar surface area (TPSA) is 57.6 Å². The van der Waals surface area contributed by atoms with Gasteiger partial charge in [0.25, 0.3) is 10.1 Å². The maximum absolute atomic E-state index is 11.3. The maximum Gasteiger partial charge on any atom is 0.286 e. The molecule has 0 aliphatic carbocycles. The molecule has 0 amide bonds. The average molecular weight is 303 g/mol. The summed E-state index contributed by atoms with van der Waals surface area (Å²) in [6, 6.07) is 9.46. The lowest BCUT2D eigenvalue weighted by molar-refractivity contribution is 0.323. The SMILES string of the molecule is CC(N1C(=S)SCC1c1ccccc1)S(=O)(=O)O. The summed E-state index contributed by atoms with van der Waals surface area (Å²) < 4.78 is 32.3. The Morgan fingerprint density at radius 3 is 2.61 bits per heavy atom. The van der Waals surface area contributed by atoms with Crippen LogP contribution in [-0.2, 0) is 10.1 Å². The fourth-order valence-electron chi connectivity index (χ4n) is 1.91. The van der Waals surface area contributed by atoms with Crippen LogP contribution in [0.4, 0.5) is 0 Å². The molecule has 1 aromatic carbocycles. The molecule has 2 atom stereocenters. The van der Waals surface area contributed by atoms with Crippen molar-refractivity contribution in [3.63, 3.8) is 0 Å². The van der Waals surface area contributed by atoms with Gasteiger partial charge in [-0.3, -0.25) is 4.55 Å². The first kappa shape index (κ1) is 13.8. The second-order valence-corrected chi connectivity index (χ2v) is 7.39. The fraction of sp³-hybridized carbons (Fsp3) is 0.364. The molecule has 1 N–H and O–H groups in total. The average Bonchev–Trinajstić information content (AvgIpc) is 2.70. The zero-order valence-corrected chi connectivity index (χ0v) is 12.1. The summed E-state index contributed by atoms with van der Waals surface area (Å²) in [5, 5.41) is -1.02. The molecule has 1 aliphatic rings. The highest BCUT2D eigenvalue weighted by atomic mass is 32.2. The molecule has 0 saturated carbocycles. The fourth-order valence-corrected chi connectivity index (χ4v) is 4.16. The molecule has 0 bridgehead atoms. The van der Waals surface area contributed by atoms with Gasteiger partial charge in [0, 0.05) is 5.75 Å². The summed E-state index contributed by atoms with van der Waals surface area (Å²) >= 11 is 6.61. The van der Waals surface area contributed by atoms with E-state index in [1.807, 2.05) is 30.3 Å². The molecule has 1 heterocycles. The largest absolute Gasteiger partial charge is 0.331 e. The first-order valence-corrected chi connectivity index (χ1v) is 8.27. The van der Waals surface area contributed by atoms with Crippen LogP contribution in [0.2, 0.25) is 0 Å². The van der Waals surface area contributed by atoms with Crippen molar-refractivity contribution in [2.75, 3.05) is 5.75 Å². The maximum atomic E-state index is 11.3. The van der Waals surface area contributed by atoms with Gasteiger partial charge in [-0.25, -0.2) is 0 Å². The first-order chi connectivity index (χ1) is 8.41. The van der Waals surface area contributed by atoms with Gasteiger partial charge in [-0.05, 0) is 12.5 Å². The van der Waals surface area contributed by atoms with E-state index in [0.29, 0.717) is 10.1 Å². The highest BCUT2D eigenvalue weighted by molar-refractivity contribution is 8.23. The van der Waals surface area contributed by atoms with Crippen LogP contribution >= 0.6 is 24.0 Å². The lowest BCUT2D eigenvalue weighted by atomic mass is 10.1. The molecular formula is C11H13NO3S3. The van der Waals surface area contributed by atoms with Crippen molar-refractivity contribution in [3.8, 4) is 0 Å². The van der Waals surface area contributed by atoms with Crippen LogP contribution in [0.15, 0.2) is 30.3 Å². The molecular weight excluding hydrogens is 290 g/mol. The van der Waals surface area contributed by atoms with Crippen LogP contribution < -0.4 is 0 Å². The first-order valence-electron chi connectivity index (χ1n) is 5.37.